The summed E-state index contributed by atoms with van der Waals surface area (Å²) in [4.78, 5) is 18.9. The maximum Gasteiger partial charge on any atom is 0.317 e. The minimum Gasteiger partial charge on any atom is -0.480 e. The summed E-state index contributed by atoms with van der Waals surface area (Å²) in [6.45, 7) is 0.0949. The number of aliphatic carboxylic acids is 1. The van der Waals surface area contributed by atoms with E-state index in [1.165, 1.54) is 0 Å². The highest BCUT2D eigenvalue weighted by molar-refractivity contribution is 5.78. The van der Waals surface area contributed by atoms with E-state index < -0.39 is 24.1 Å². The number of carboxylic acid groups (broad SMARTS) is 1. The van der Waals surface area contributed by atoms with Crippen LogP contribution in [0.2, 0.25) is 0 Å². The molecule has 0 aliphatic carbocycles. The Kier molecular flexibility index (Phi) is 18.6. The zero-order valence-electron chi connectivity index (χ0n) is 9.35. The van der Waals surface area contributed by atoms with Crippen molar-refractivity contribution in [2.75, 3.05) is 19.8 Å². The lowest BCUT2D eigenvalue weighted by Gasteiger charge is -1.96. The average molecular weight is 257 g/mol. The lowest BCUT2D eigenvalue weighted by Crippen LogP contribution is -2.15. The van der Waals surface area contributed by atoms with Crippen molar-refractivity contribution < 1.29 is 40.2 Å². The number of nitrogens with two attached hydrogens (primary N) is 1. The normalized spacial score (nSPS) is 9.00. The van der Waals surface area contributed by atoms with Crippen LogP contribution in [0.4, 0.5) is 0 Å². The van der Waals surface area contributed by atoms with Crippen LogP contribution in [0.3, 0.4) is 0 Å². The van der Waals surface area contributed by atoms with Crippen molar-refractivity contribution in [2.45, 2.75) is 19.3 Å². The number of aliphatic hydroxyl groups is 5. The quantitative estimate of drug-likeness (QED) is 0.249. The second-order valence-corrected chi connectivity index (χ2v) is 2.60. The molecule has 9 heteroatoms. The molecule has 0 bridgehead atoms. The first-order valence-corrected chi connectivity index (χ1v) is 4.41. The first kappa shape index (κ1) is 21.2. The molecule has 0 heterocycles. The van der Waals surface area contributed by atoms with Gasteiger partial charge < -0.3 is 36.4 Å². The summed E-state index contributed by atoms with van der Waals surface area (Å²) in [5.41, 5.74) is 4.57. The van der Waals surface area contributed by atoms with Gasteiger partial charge in [-0.2, -0.15) is 0 Å². The summed E-state index contributed by atoms with van der Waals surface area (Å²) in [6, 6.07) is 0. The molecule has 17 heavy (non-hydrogen) atoms. The number of carbonyl (C=O) groups is 2. The van der Waals surface area contributed by atoms with Gasteiger partial charge in [0.1, 0.15) is 6.10 Å². The predicted octanol–water partition coefficient (Wildman–Crippen LogP) is -3.75. The van der Waals surface area contributed by atoms with Crippen LogP contribution in [0, 0.1) is 0 Å². The van der Waals surface area contributed by atoms with E-state index in [1.54, 1.807) is 0 Å². The number of Topliss-reactive ketones (excluding diaryl/α,β-unsaturated/α-hetero) is 1. The number of carboxylic acids is 1. The number of ketones is 1. The van der Waals surface area contributed by atoms with E-state index in [0.717, 1.165) is 6.92 Å². The molecule has 0 aromatic heterocycles. The lowest BCUT2D eigenvalue weighted by atomic mass is 10.4. The molecule has 9 nitrogen and oxygen atoms in total. The van der Waals surface area contributed by atoms with Gasteiger partial charge in [0.2, 0.25) is 6.29 Å². The van der Waals surface area contributed by atoms with E-state index in [1.807, 2.05) is 0 Å². The molecule has 0 amide bonds. The Morgan fingerprint density at radius 3 is 1.35 bits per heavy atom. The van der Waals surface area contributed by atoms with Gasteiger partial charge in [-0.3, -0.25) is 9.59 Å². The Bertz CT molecular complexity index is 192. The monoisotopic (exact) mass is 257 g/mol. The Labute approximate surface area is 97.7 Å². The fourth-order valence-corrected chi connectivity index (χ4v) is 0.0577. The molecule has 0 spiro atoms. The molecule has 0 aromatic rings. The maximum absolute atomic E-state index is 9.64. The topological polar surface area (TPSA) is 182 Å². The van der Waals surface area contributed by atoms with E-state index in [2.05, 4.69) is 5.73 Å². The van der Waals surface area contributed by atoms with Crippen LogP contribution in [0.1, 0.15) is 6.92 Å². The summed E-state index contributed by atoms with van der Waals surface area (Å²) in [7, 11) is 0. The first-order chi connectivity index (χ1) is 7.72. The second-order valence-electron chi connectivity index (χ2n) is 2.60. The van der Waals surface area contributed by atoms with Crippen LogP contribution in [-0.4, -0.2) is 74.5 Å². The number of rotatable bonds is 4. The maximum atomic E-state index is 9.64. The third kappa shape index (κ3) is 31.3. The highest BCUT2D eigenvalue weighted by Gasteiger charge is 1.99. The summed E-state index contributed by atoms with van der Waals surface area (Å²) in [5.74, 6) is -1.60. The molecule has 0 saturated heterocycles. The minimum absolute atomic E-state index is 0.278. The van der Waals surface area contributed by atoms with Crippen LogP contribution in [0.5, 0.6) is 0 Å². The molecule has 0 fully saturated rings. The van der Waals surface area contributed by atoms with Gasteiger partial charge in [0.05, 0.1) is 19.8 Å². The molecule has 0 aliphatic heterocycles. The highest BCUT2D eigenvalue weighted by atomic mass is 16.5. The van der Waals surface area contributed by atoms with Crippen molar-refractivity contribution in [3.05, 3.63) is 0 Å². The van der Waals surface area contributed by atoms with Crippen molar-refractivity contribution in [1.29, 1.82) is 0 Å². The molecular weight excluding hydrogens is 238 g/mol. The SMILES string of the molecule is CC(=O)C(O)O.NCC(=O)O.OCC(O)CO. The van der Waals surface area contributed by atoms with Crippen molar-refractivity contribution in [3.8, 4) is 0 Å². The molecule has 0 aliphatic rings. The zero-order chi connectivity index (χ0) is 14.4. The smallest absolute Gasteiger partial charge is 0.317 e. The molecule has 0 saturated carbocycles. The molecular formula is C8H19NO8. The van der Waals surface area contributed by atoms with Crippen molar-refractivity contribution in [3.63, 3.8) is 0 Å². The summed E-state index contributed by atoms with van der Waals surface area (Å²) in [5, 5.41) is 47.3. The fraction of sp³-hybridized carbons (Fsp3) is 0.750. The van der Waals surface area contributed by atoms with Crippen LogP contribution in [-0.2, 0) is 9.59 Å². The molecule has 0 rings (SSSR count). The summed E-state index contributed by atoms with van der Waals surface area (Å²) in [6.07, 6.45) is -2.74. The highest BCUT2D eigenvalue weighted by Crippen LogP contribution is 1.72. The summed E-state index contributed by atoms with van der Waals surface area (Å²) < 4.78 is 0. The minimum atomic E-state index is -1.79. The van der Waals surface area contributed by atoms with E-state index in [9.17, 15) is 9.59 Å². The van der Waals surface area contributed by atoms with Crippen LogP contribution < -0.4 is 5.73 Å². The Morgan fingerprint density at radius 1 is 1.12 bits per heavy atom. The van der Waals surface area contributed by atoms with E-state index in [0.29, 0.717) is 0 Å². The third-order valence-electron chi connectivity index (χ3n) is 0.960. The van der Waals surface area contributed by atoms with Crippen LogP contribution in [0.15, 0.2) is 0 Å². The van der Waals surface area contributed by atoms with E-state index in [4.69, 9.17) is 30.6 Å². The molecule has 0 atom stereocenters. The van der Waals surface area contributed by atoms with Crippen LogP contribution in [0.25, 0.3) is 0 Å². The van der Waals surface area contributed by atoms with E-state index in [-0.39, 0.29) is 19.8 Å². The standard InChI is InChI=1S/C3H8O3.C3H6O3.C2H5NO2/c4-1-3(6)2-5;1-2(4)3(5)6;3-1-2(4)5/h3-6H,1-2H2;3,5-6H,1H3;1,3H2,(H,4,5). The zero-order valence-corrected chi connectivity index (χ0v) is 9.35. The average Bonchev–Trinajstić information content (AvgIpc) is 2.29. The Morgan fingerprint density at radius 2 is 1.35 bits per heavy atom. The van der Waals surface area contributed by atoms with Crippen molar-refractivity contribution in [1.82, 2.24) is 0 Å². The first-order valence-electron chi connectivity index (χ1n) is 4.41. The van der Waals surface area contributed by atoms with Gasteiger partial charge in [-0.15, -0.1) is 0 Å². The lowest BCUT2D eigenvalue weighted by molar-refractivity contribution is -0.142. The predicted molar refractivity (Wildman–Crippen MR) is 55.8 cm³/mol. The Hall–Kier alpha value is -1.10. The number of hydrogen-bond acceptors (Lipinski definition) is 8. The molecule has 0 unspecified atom stereocenters. The molecule has 0 radical (unpaired) electrons. The van der Waals surface area contributed by atoms with Gasteiger partial charge in [-0.05, 0) is 6.92 Å². The number of aliphatic hydroxyl groups excluding tert-OH is 4. The summed E-state index contributed by atoms with van der Waals surface area (Å²) >= 11 is 0. The fourth-order valence-electron chi connectivity index (χ4n) is 0.0577. The molecule has 8 N–H and O–H groups in total. The van der Waals surface area contributed by atoms with Gasteiger partial charge in [0.25, 0.3) is 0 Å². The number of hydrogen-bond donors (Lipinski definition) is 7. The third-order valence-corrected chi connectivity index (χ3v) is 0.960. The largest absolute Gasteiger partial charge is 0.480 e. The van der Waals surface area contributed by atoms with Gasteiger partial charge in [-0.25, -0.2) is 0 Å². The van der Waals surface area contributed by atoms with Gasteiger partial charge in [-0.1, -0.05) is 0 Å². The van der Waals surface area contributed by atoms with Crippen molar-refractivity contribution in [2.24, 2.45) is 5.73 Å². The van der Waals surface area contributed by atoms with E-state index >= 15 is 0 Å². The van der Waals surface area contributed by atoms with Gasteiger partial charge in [0.15, 0.2) is 5.78 Å². The van der Waals surface area contributed by atoms with Crippen molar-refractivity contribution >= 4 is 11.8 Å². The number of carbonyl (C=O) groups excluding carboxylic acids is 1. The van der Waals surface area contributed by atoms with Crippen LogP contribution >= 0.6 is 0 Å². The molecule has 104 valence electrons. The molecule has 0 aromatic carbocycles. The second kappa shape index (κ2) is 14.9. The van der Waals surface area contributed by atoms with Gasteiger partial charge in [0, 0.05) is 0 Å². The Balaban J connectivity index is -0.000000174. The van der Waals surface area contributed by atoms with Gasteiger partial charge >= 0.3 is 5.97 Å².